The van der Waals surface area contributed by atoms with Crippen LogP contribution in [0.15, 0.2) is 36.4 Å². The van der Waals surface area contributed by atoms with Gasteiger partial charge < -0.3 is 4.74 Å². The molecule has 24 heavy (non-hydrogen) atoms. The zero-order valence-electron chi connectivity index (χ0n) is 13.1. The maximum absolute atomic E-state index is 13.8. The summed E-state index contributed by atoms with van der Waals surface area (Å²) in [5.74, 6) is -0.234. The number of nitrogens with one attached hydrogen (secondary N) is 1. The van der Waals surface area contributed by atoms with Crippen LogP contribution >= 0.6 is 0 Å². The van der Waals surface area contributed by atoms with Crippen LogP contribution in [0, 0.1) is 0 Å². The molecule has 1 N–H and O–H groups in total. The number of alkyl halides is 3. The largest absolute Gasteiger partial charge is 0.494 e. The second kappa shape index (κ2) is 6.32. The van der Waals surface area contributed by atoms with E-state index in [1.165, 1.54) is 6.07 Å². The molecule has 0 bridgehead atoms. The molecule has 0 aromatic heterocycles. The lowest BCUT2D eigenvalue weighted by Gasteiger charge is -2.30. The van der Waals surface area contributed by atoms with Gasteiger partial charge in [-0.1, -0.05) is 24.3 Å². The van der Waals surface area contributed by atoms with E-state index in [-0.39, 0.29) is 30.9 Å². The number of amides is 1. The van der Waals surface area contributed by atoms with Gasteiger partial charge in [0.05, 0.1) is 6.61 Å². The molecule has 4 nitrogen and oxygen atoms in total. The van der Waals surface area contributed by atoms with E-state index < -0.39 is 18.1 Å². The van der Waals surface area contributed by atoms with E-state index in [0.29, 0.717) is 5.39 Å². The fraction of sp³-hybridized carbons (Fsp3) is 0.353. The highest BCUT2D eigenvalue weighted by Crippen LogP contribution is 2.43. The summed E-state index contributed by atoms with van der Waals surface area (Å²) in [5, 5.41) is 2.43. The summed E-state index contributed by atoms with van der Waals surface area (Å²) in [5.41, 5.74) is 2.30. The topological polar surface area (TPSA) is 41.6 Å². The first-order chi connectivity index (χ1) is 11.4. The Kier molecular flexibility index (Phi) is 4.36. The van der Waals surface area contributed by atoms with Crippen LogP contribution in [-0.4, -0.2) is 30.2 Å². The van der Waals surface area contributed by atoms with Gasteiger partial charge in [-0.15, -0.1) is 0 Å². The minimum Gasteiger partial charge on any atom is -0.494 e. The second-order valence-electron chi connectivity index (χ2n) is 5.59. The van der Waals surface area contributed by atoms with Crippen molar-refractivity contribution in [1.29, 1.82) is 0 Å². The highest BCUT2D eigenvalue weighted by Gasteiger charge is 2.48. The number of hydrogen-bond acceptors (Lipinski definition) is 3. The smallest absolute Gasteiger partial charge is 0.410 e. The third-order valence-corrected chi connectivity index (χ3v) is 3.94. The monoisotopic (exact) mass is 338 g/mol. The maximum Gasteiger partial charge on any atom is 0.410 e. The molecular formula is C17H17F3N2O2. The highest BCUT2D eigenvalue weighted by atomic mass is 19.4. The first-order valence-electron chi connectivity index (χ1n) is 7.68. The molecule has 1 unspecified atom stereocenters. The molecule has 1 amide bonds. The molecule has 1 saturated heterocycles. The van der Waals surface area contributed by atoms with Crippen LogP contribution in [0.3, 0.4) is 0 Å². The van der Waals surface area contributed by atoms with Crippen molar-refractivity contribution >= 4 is 16.7 Å². The Balaban J connectivity index is 2.14. The summed E-state index contributed by atoms with van der Waals surface area (Å²) in [6, 6.07) is 8.32. The van der Waals surface area contributed by atoms with Gasteiger partial charge in [-0.05, 0) is 29.8 Å². The molecule has 0 spiro atoms. The van der Waals surface area contributed by atoms with Crippen molar-refractivity contribution in [3.05, 3.63) is 42.0 Å². The van der Waals surface area contributed by atoms with Gasteiger partial charge in [-0.3, -0.25) is 10.2 Å². The molecule has 1 aliphatic rings. The fourth-order valence-corrected chi connectivity index (χ4v) is 2.94. The highest BCUT2D eigenvalue weighted by molar-refractivity contribution is 5.85. The lowest BCUT2D eigenvalue weighted by molar-refractivity contribution is -0.191. The van der Waals surface area contributed by atoms with Crippen molar-refractivity contribution < 1.29 is 22.7 Å². The van der Waals surface area contributed by atoms with Crippen molar-refractivity contribution in [2.75, 3.05) is 13.2 Å². The number of nitrogens with zero attached hydrogens (tertiary/aromatic N) is 1. The molecule has 1 heterocycles. The molecule has 1 atom stereocenters. The van der Waals surface area contributed by atoms with Crippen molar-refractivity contribution in [2.45, 2.75) is 25.6 Å². The van der Waals surface area contributed by atoms with Crippen LogP contribution in [0.1, 0.15) is 24.9 Å². The van der Waals surface area contributed by atoms with E-state index in [0.717, 1.165) is 10.4 Å². The van der Waals surface area contributed by atoms with Crippen LogP contribution in [0.4, 0.5) is 13.2 Å². The normalized spacial score (nSPS) is 17.1. The molecule has 1 fully saturated rings. The molecule has 3 rings (SSSR count). The number of ether oxygens (including phenoxy) is 1. The van der Waals surface area contributed by atoms with E-state index in [2.05, 4.69) is 5.43 Å². The Labute approximate surface area is 137 Å². The van der Waals surface area contributed by atoms with Crippen LogP contribution < -0.4 is 10.2 Å². The summed E-state index contributed by atoms with van der Waals surface area (Å²) in [4.78, 5) is 11.4. The molecule has 1 aliphatic heterocycles. The van der Waals surface area contributed by atoms with Crippen molar-refractivity contribution in [1.82, 2.24) is 10.4 Å². The van der Waals surface area contributed by atoms with Gasteiger partial charge in [0.2, 0.25) is 5.91 Å². The number of hydrogen-bond donors (Lipinski definition) is 1. The molecular weight excluding hydrogens is 321 g/mol. The van der Waals surface area contributed by atoms with Gasteiger partial charge in [0, 0.05) is 18.5 Å². The maximum atomic E-state index is 13.8. The number of carbonyl (C=O) groups is 1. The Bertz CT molecular complexity index is 761. The molecule has 2 aromatic carbocycles. The average molecular weight is 338 g/mol. The van der Waals surface area contributed by atoms with E-state index in [9.17, 15) is 18.0 Å². The van der Waals surface area contributed by atoms with Crippen LogP contribution in [-0.2, 0) is 4.79 Å². The van der Waals surface area contributed by atoms with E-state index in [1.54, 1.807) is 25.1 Å². The fourth-order valence-electron chi connectivity index (χ4n) is 2.94. The molecule has 0 aliphatic carbocycles. The van der Waals surface area contributed by atoms with Crippen LogP contribution in [0.5, 0.6) is 5.75 Å². The minimum atomic E-state index is -4.55. The van der Waals surface area contributed by atoms with Crippen molar-refractivity contribution in [2.24, 2.45) is 0 Å². The lowest BCUT2D eigenvalue weighted by atomic mass is 9.99. The number of halogens is 3. The van der Waals surface area contributed by atoms with Crippen LogP contribution in [0.2, 0.25) is 0 Å². The van der Waals surface area contributed by atoms with Gasteiger partial charge in [-0.2, -0.15) is 13.2 Å². The second-order valence-corrected chi connectivity index (χ2v) is 5.59. The van der Waals surface area contributed by atoms with Crippen molar-refractivity contribution in [3.8, 4) is 5.75 Å². The standard InChI is InChI=1S/C17H17F3N2O2/c1-2-24-14-10-12-6-4-3-5-11(12)9-13(14)16(17(18,19)20)22-8-7-15(23)21-22/h3-6,9-10,16H,2,7-8H2,1H3,(H,21,23). The molecule has 0 radical (unpaired) electrons. The number of carbonyl (C=O) groups excluding carboxylic acids is 1. The zero-order chi connectivity index (χ0) is 17.3. The molecule has 0 saturated carbocycles. The summed E-state index contributed by atoms with van der Waals surface area (Å²) in [7, 11) is 0. The minimum absolute atomic E-state index is 0.00139. The lowest BCUT2D eigenvalue weighted by Crippen LogP contribution is -2.43. The summed E-state index contributed by atoms with van der Waals surface area (Å²) in [6.45, 7) is 1.98. The Hall–Kier alpha value is -2.28. The predicted molar refractivity (Wildman–Crippen MR) is 83.4 cm³/mol. The Morgan fingerprint density at radius 2 is 1.92 bits per heavy atom. The quantitative estimate of drug-likeness (QED) is 0.926. The molecule has 2 aromatic rings. The zero-order valence-corrected chi connectivity index (χ0v) is 13.1. The van der Waals surface area contributed by atoms with Gasteiger partial charge in [0.1, 0.15) is 5.75 Å². The van der Waals surface area contributed by atoms with E-state index in [1.807, 2.05) is 12.1 Å². The third-order valence-electron chi connectivity index (χ3n) is 3.94. The molecule has 128 valence electrons. The summed E-state index contributed by atoms with van der Waals surface area (Å²) >= 11 is 0. The van der Waals surface area contributed by atoms with Gasteiger partial charge >= 0.3 is 6.18 Å². The number of rotatable bonds is 4. The summed E-state index contributed by atoms with van der Waals surface area (Å²) < 4.78 is 46.7. The Morgan fingerprint density at radius 1 is 1.25 bits per heavy atom. The Morgan fingerprint density at radius 3 is 2.46 bits per heavy atom. The van der Waals surface area contributed by atoms with Crippen molar-refractivity contribution in [3.63, 3.8) is 0 Å². The predicted octanol–water partition coefficient (Wildman–Crippen LogP) is 3.58. The number of benzene rings is 2. The first-order valence-corrected chi connectivity index (χ1v) is 7.68. The SMILES string of the molecule is CCOc1cc2ccccc2cc1C(N1CCC(=O)N1)C(F)(F)F. The van der Waals surface area contributed by atoms with Gasteiger partial charge in [-0.25, -0.2) is 5.01 Å². The summed E-state index contributed by atoms with van der Waals surface area (Å²) in [6.07, 6.45) is -4.50. The molecule has 7 heteroatoms. The van der Waals surface area contributed by atoms with E-state index >= 15 is 0 Å². The number of hydrazine groups is 1. The average Bonchev–Trinajstić information content (AvgIpc) is 2.92. The van der Waals surface area contributed by atoms with E-state index in [4.69, 9.17) is 4.74 Å². The third kappa shape index (κ3) is 3.17. The van der Waals surface area contributed by atoms with Crippen LogP contribution in [0.25, 0.3) is 10.8 Å². The first kappa shape index (κ1) is 16.6. The number of fused-ring (bicyclic) bond motifs is 1. The van der Waals surface area contributed by atoms with Gasteiger partial charge in [0.15, 0.2) is 6.04 Å². The van der Waals surface area contributed by atoms with Gasteiger partial charge in [0.25, 0.3) is 0 Å².